The fourth-order valence-electron chi connectivity index (χ4n) is 2.02. The van der Waals surface area contributed by atoms with Crippen LogP contribution < -0.4 is 0 Å². The van der Waals surface area contributed by atoms with Crippen LogP contribution in [-0.2, 0) is 0 Å². The SMILES string of the molecule is CC1CN(C2=CC[C@@H](C)S2)CCN1C. The Kier molecular flexibility index (Phi) is 3.07. The lowest BCUT2D eigenvalue weighted by atomic mass is 10.2. The predicted molar refractivity (Wildman–Crippen MR) is 63.4 cm³/mol. The molecule has 0 amide bonds. The zero-order valence-electron chi connectivity index (χ0n) is 9.36. The molecule has 80 valence electrons. The van der Waals surface area contributed by atoms with Gasteiger partial charge in [-0.1, -0.05) is 13.0 Å². The third-order valence-electron chi connectivity index (χ3n) is 3.22. The van der Waals surface area contributed by atoms with E-state index in [-0.39, 0.29) is 0 Å². The van der Waals surface area contributed by atoms with E-state index in [1.54, 1.807) is 0 Å². The minimum absolute atomic E-state index is 0.696. The number of hydrogen-bond donors (Lipinski definition) is 0. The van der Waals surface area contributed by atoms with E-state index in [9.17, 15) is 0 Å². The molecule has 0 spiro atoms. The summed E-state index contributed by atoms with van der Waals surface area (Å²) in [6.07, 6.45) is 3.66. The highest BCUT2D eigenvalue weighted by atomic mass is 32.2. The second-order valence-electron chi connectivity index (χ2n) is 4.48. The smallest absolute Gasteiger partial charge is 0.0670 e. The first-order valence-corrected chi connectivity index (χ1v) is 6.37. The summed E-state index contributed by atoms with van der Waals surface area (Å²) >= 11 is 2.04. The number of thioether (sulfide) groups is 1. The Morgan fingerprint density at radius 3 is 2.71 bits per heavy atom. The highest BCUT2D eigenvalue weighted by Gasteiger charge is 2.25. The molecule has 0 radical (unpaired) electrons. The summed E-state index contributed by atoms with van der Waals surface area (Å²) in [5, 5.41) is 2.32. The van der Waals surface area contributed by atoms with Gasteiger partial charge in [0.05, 0.1) is 5.03 Å². The number of allylic oxidation sites excluding steroid dienone is 1. The summed E-state index contributed by atoms with van der Waals surface area (Å²) in [6, 6.07) is 0.696. The van der Waals surface area contributed by atoms with Gasteiger partial charge < -0.3 is 9.80 Å². The molecule has 1 saturated heterocycles. The summed E-state index contributed by atoms with van der Waals surface area (Å²) < 4.78 is 0. The zero-order chi connectivity index (χ0) is 10.1. The molecule has 3 heteroatoms. The van der Waals surface area contributed by atoms with E-state index in [1.807, 2.05) is 11.8 Å². The van der Waals surface area contributed by atoms with Crippen molar-refractivity contribution in [2.24, 2.45) is 0 Å². The Morgan fingerprint density at radius 2 is 2.14 bits per heavy atom. The van der Waals surface area contributed by atoms with Gasteiger partial charge in [0.25, 0.3) is 0 Å². The van der Waals surface area contributed by atoms with Gasteiger partial charge in [-0.05, 0) is 20.4 Å². The van der Waals surface area contributed by atoms with Crippen molar-refractivity contribution in [3.8, 4) is 0 Å². The molecular formula is C11H20N2S. The largest absolute Gasteiger partial charge is 0.364 e. The van der Waals surface area contributed by atoms with Crippen molar-refractivity contribution < 1.29 is 0 Å². The van der Waals surface area contributed by atoms with Gasteiger partial charge in [-0.3, -0.25) is 0 Å². The molecule has 0 aromatic rings. The lowest BCUT2D eigenvalue weighted by molar-refractivity contribution is 0.137. The van der Waals surface area contributed by atoms with Gasteiger partial charge in [-0.15, -0.1) is 11.8 Å². The van der Waals surface area contributed by atoms with Crippen LogP contribution in [0.5, 0.6) is 0 Å². The summed E-state index contributed by atoms with van der Waals surface area (Å²) in [4.78, 5) is 5.00. The molecule has 0 bridgehead atoms. The molecule has 14 heavy (non-hydrogen) atoms. The zero-order valence-corrected chi connectivity index (χ0v) is 10.2. The highest BCUT2D eigenvalue weighted by Crippen LogP contribution is 2.34. The average molecular weight is 212 g/mol. The molecule has 2 aliphatic heterocycles. The molecule has 2 heterocycles. The van der Waals surface area contributed by atoms with Crippen LogP contribution in [0.25, 0.3) is 0 Å². The van der Waals surface area contributed by atoms with E-state index >= 15 is 0 Å². The Balaban J connectivity index is 1.93. The summed E-state index contributed by atoms with van der Waals surface area (Å²) in [7, 11) is 2.22. The first-order valence-electron chi connectivity index (χ1n) is 5.49. The number of hydrogen-bond acceptors (Lipinski definition) is 3. The Bertz CT molecular complexity index is 239. The maximum atomic E-state index is 2.55. The van der Waals surface area contributed by atoms with Crippen LogP contribution >= 0.6 is 11.8 Å². The predicted octanol–water partition coefficient (Wildman–Crippen LogP) is 1.99. The van der Waals surface area contributed by atoms with Gasteiger partial charge in [-0.2, -0.15) is 0 Å². The second kappa shape index (κ2) is 4.15. The quantitative estimate of drug-likeness (QED) is 0.656. The fraction of sp³-hybridized carbons (Fsp3) is 0.818. The number of piperazine rings is 1. The summed E-state index contributed by atoms with van der Waals surface area (Å²) in [5.74, 6) is 0. The van der Waals surface area contributed by atoms with E-state index in [4.69, 9.17) is 0 Å². The lowest BCUT2D eigenvalue weighted by Gasteiger charge is -2.39. The van der Waals surface area contributed by atoms with Crippen LogP contribution in [0, 0.1) is 0 Å². The van der Waals surface area contributed by atoms with Crippen LogP contribution in [0.4, 0.5) is 0 Å². The minimum Gasteiger partial charge on any atom is -0.364 e. The molecule has 2 nitrogen and oxygen atoms in total. The normalized spacial score (nSPS) is 34.8. The van der Waals surface area contributed by atoms with E-state index in [0.29, 0.717) is 6.04 Å². The molecule has 0 aliphatic carbocycles. The van der Waals surface area contributed by atoms with E-state index in [1.165, 1.54) is 31.1 Å². The van der Waals surface area contributed by atoms with Crippen molar-refractivity contribution in [1.82, 2.24) is 9.80 Å². The standard InChI is InChI=1S/C11H20N2S/c1-9-8-13(7-6-12(9)3)11-5-4-10(2)14-11/h5,9-10H,4,6-8H2,1-3H3/t9?,10-/m1/s1. The Morgan fingerprint density at radius 1 is 1.36 bits per heavy atom. The van der Waals surface area contributed by atoms with Crippen molar-refractivity contribution in [3.05, 3.63) is 11.1 Å². The van der Waals surface area contributed by atoms with Gasteiger partial charge in [-0.25, -0.2) is 0 Å². The van der Waals surface area contributed by atoms with Gasteiger partial charge in [0.1, 0.15) is 0 Å². The van der Waals surface area contributed by atoms with Gasteiger partial charge >= 0.3 is 0 Å². The Hall–Kier alpha value is -0.150. The van der Waals surface area contributed by atoms with E-state index in [0.717, 1.165) is 5.25 Å². The molecule has 2 aliphatic rings. The summed E-state index contributed by atoms with van der Waals surface area (Å²) in [6.45, 7) is 8.23. The van der Waals surface area contributed by atoms with Gasteiger partial charge in [0, 0.05) is 30.9 Å². The molecule has 2 rings (SSSR count). The topological polar surface area (TPSA) is 6.48 Å². The third-order valence-corrected chi connectivity index (χ3v) is 4.48. The first-order chi connectivity index (χ1) is 6.66. The number of likely N-dealkylation sites (N-methyl/N-ethyl adjacent to an activating group) is 1. The first kappa shape index (κ1) is 10.4. The van der Waals surface area contributed by atoms with Crippen LogP contribution in [-0.4, -0.2) is 47.8 Å². The number of nitrogens with zero attached hydrogens (tertiary/aromatic N) is 2. The molecule has 2 atom stereocenters. The average Bonchev–Trinajstić information content (AvgIpc) is 2.57. The monoisotopic (exact) mass is 212 g/mol. The van der Waals surface area contributed by atoms with Crippen molar-refractivity contribution in [2.45, 2.75) is 31.6 Å². The summed E-state index contributed by atoms with van der Waals surface area (Å²) in [5.41, 5.74) is 0. The van der Waals surface area contributed by atoms with Crippen molar-refractivity contribution in [2.75, 3.05) is 26.7 Å². The van der Waals surface area contributed by atoms with Crippen LogP contribution in [0.2, 0.25) is 0 Å². The third kappa shape index (κ3) is 2.09. The van der Waals surface area contributed by atoms with E-state index < -0.39 is 0 Å². The van der Waals surface area contributed by atoms with Crippen LogP contribution in [0.3, 0.4) is 0 Å². The fourth-order valence-corrected chi connectivity index (χ4v) is 3.13. The van der Waals surface area contributed by atoms with Crippen molar-refractivity contribution in [3.63, 3.8) is 0 Å². The van der Waals surface area contributed by atoms with Crippen molar-refractivity contribution in [1.29, 1.82) is 0 Å². The second-order valence-corrected chi connectivity index (χ2v) is 5.94. The molecule has 0 aromatic carbocycles. The van der Waals surface area contributed by atoms with Gasteiger partial charge in [0.15, 0.2) is 0 Å². The molecular weight excluding hydrogens is 192 g/mol. The maximum absolute atomic E-state index is 2.55. The van der Waals surface area contributed by atoms with Gasteiger partial charge in [0.2, 0.25) is 0 Å². The highest BCUT2D eigenvalue weighted by molar-refractivity contribution is 8.03. The van der Waals surface area contributed by atoms with E-state index in [2.05, 4.69) is 36.8 Å². The number of rotatable bonds is 1. The molecule has 0 saturated carbocycles. The van der Waals surface area contributed by atoms with Crippen LogP contribution in [0.15, 0.2) is 11.1 Å². The molecule has 1 fully saturated rings. The van der Waals surface area contributed by atoms with Crippen molar-refractivity contribution >= 4 is 11.8 Å². The maximum Gasteiger partial charge on any atom is 0.0670 e. The molecule has 0 N–H and O–H groups in total. The molecule has 1 unspecified atom stereocenters. The minimum atomic E-state index is 0.696. The molecule has 0 aromatic heterocycles. The Labute approximate surface area is 91.3 Å². The van der Waals surface area contributed by atoms with Crippen LogP contribution in [0.1, 0.15) is 20.3 Å². The lowest BCUT2D eigenvalue weighted by Crippen LogP contribution is -2.48.